The molecule has 18 heavy (non-hydrogen) atoms. The third-order valence-electron chi connectivity index (χ3n) is 3.84. The van der Waals surface area contributed by atoms with Crippen LogP contribution in [0.4, 0.5) is 0 Å². The van der Waals surface area contributed by atoms with Gasteiger partial charge in [0.05, 0.1) is 14.2 Å². The fourth-order valence-electron chi connectivity index (χ4n) is 2.26. The molecule has 1 N–H and O–H groups in total. The van der Waals surface area contributed by atoms with Crippen LogP contribution >= 0.6 is 0 Å². The first-order chi connectivity index (χ1) is 8.67. The van der Waals surface area contributed by atoms with Crippen molar-refractivity contribution < 1.29 is 9.47 Å². The van der Waals surface area contributed by atoms with Crippen molar-refractivity contribution in [3.8, 4) is 11.5 Å². The molecule has 4 heteroatoms. The molecule has 1 aromatic carbocycles. The summed E-state index contributed by atoms with van der Waals surface area (Å²) in [6.45, 7) is 4.35. The lowest BCUT2D eigenvalue weighted by Gasteiger charge is -2.39. The summed E-state index contributed by atoms with van der Waals surface area (Å²) >= 11 is 0. The minimum absolute atomic E-state index is 0.331. The summed E-state index contributed by atoms with van der Waals surface area (Å²) < 4.78 is 10.7. The molecule has 1 unspecified atom stereocenters. The number of hydrogen-bond acceptors (Lipinski definition) is 4. The molecule has 4 nitrogen and oxygen atoms in total. The number of likely N-dealkylation sites (N-methyl/N-ethyl adjacent to an activating group) is 1. The van der Waals surface area contributed by atoms with Crippen LogP contribution in [-0.4, -0.2) is 45.3 Å². The van der Waals surface area contributed by atoms with Crippen LogP contribution in [0.2, 0.25) is 0 Å². The molecule has 1 fully saturated rings. The Labute approximate surface area is 109 Å². The smallest absolute Gasteiger partial charge is 0.127 e. The number of hydrogen-bond donors (Lipinski definition) is 1. The molecule has 1 aliphatic heterocycles. The van der Waals surface area contributed by atoms with Crippen LogP contribution in [-0.2, 0) is 0 Å². The summed E-state index contributed by atoms with van der Waals surface area (Å²) in [7, 11) is 5.54. The summed E-state index contributed by atoms with van der Waals surface area (Å²) in [6.07, 6.45) is 0. The van der Waals surface area contributed by atoms with Crippen LogP contribution in [0.3, 0.4) is 0 Å². The van der Waals surface area contributed by atoms with Gasteiger partial charge in [-0.05, 0) is 20.0 Å². The zero-order chi connectivity index (χ0) is 13.1. The van der Waals surface area contributed by atoms with Crippen molar-refractivity contribution in [2.24, 2.45) is 0 Å². The van der Waals surface area contributed by atoms with Crippen molar-refractivity contribution in [2.45, 2.75) is 19.0 Å². The van der Waals surface area contributed by atoms with E-state index >= 15 is 0 Å². The van der Waals surface area contributed by atoms with Gasteiger partial charge in [0, 0.05) is 36.8 Å². The van der Waals surface area contributed by atoms with Gasteiger partial charge >= 0.3 is 0 Å². The van der Waals surface area contributed by atoms with Crippen LogP contribution in [0.15, 0.2) is 18.2 Å². The zero-order valence-electron chi connectivity index (χ0n) is 11.6. The summed E-state index contributed by atoms with van der Waals surface area (Å²) in [5, 5.41) is 3.30. The van der Waals surface area contributed by atoms with Crippen molar-refractivity contribution >= 4 is 0 Å². The van der Waals surface area contributed by atoms with Gasteiger partial charge in [-0.3, -0.25) is 4.90 Å². The van der Waals surface area contributed by atoms with Gasteiger partial charge in [-0.1, -0.05) is 6.07 Å². The van der Waals surface area contributed by atoms with Gasteiger partial charge in [0.2, 0.25) is 0 Å². The summed E-state index contributed by atoms with van der Waals surface area (Å²) in [5.41, 5.74) is 1.20. The summed E-state index contributed by atoms with van der Waals surface area (Å²) in [4.78, 5) is 2.39. The standard InChI is InChI=1S/C14H22N2O2/c1-10(16(2)11-8-15-9-11)13-6-5-12(17-3)7-14(13)18-4/h5-7,10-11,15H,8-9H2,1-4H3. The number of rotatable bonds is 5. The molecule has 1 saturated heterocycles. The highest BCUT2D eigenvalue weighted by Gasteiger charge is 2.27. The average molecular weight is 250 g/mol. The molecule has 0 radical (unpaired) electrons. The Morgan fingerprint density at radius 2 is 2.00 bits per heavy atom. The Balaban J connectivity index is 2.20. The average Bonchev–Trinajstić information content (AvgIpc) is 2.34. The van der Waals surface area contributed by atoms with Gasteiger partial charge in [0.15, 0.2) is 0 Å². The molecule has 1 aromatic rings. The first kappa shape index (κ1) is 13.2. The Kier molecular flexibility index (Phi) is 4.09. The normalized spacial score (nSPS) is 17.4. The third-order valence-corrected chi connectivity index (χ3v) is 3.84. The Hall–Kier alpha value is -1.26. The predicted molar refractivity (Wildman–Crippen MR) is 72.4 cm³/mol. The quantitative estimate of drug-likeness (QED) is 0.862. The second kappa shape index (κ2) is 5.59. The van der Waals surface area contributed by atoms with Crippen molar-refractivity contribution in [1.82, 2.24) is 10.2 Å². The topological polar surface area (TPSA) is 33.7 Å². The third kappa shape index (κ3) is 2.44. The minimum atomic E-state index is 0.331. The van der Waals surface area contributed by atoms with E-state index in [9.17, 15) is 0 Å². The molecular weight excluding hydrogens is 228 g/mol. The SMILES string of the molecule is COc1ccc(C(C)N(C)C2CNC2)c(OC)c1. The van der Waals surface area contributed by atoms with Crippen molar-refractivity contribution in [1.29, 1.82) is 0 Å². The molecule has 1 atom stereocenters. The maximum absolute atomic E-state index is 5.47. The molecule has 0 bridgehead atoms. The number of benzene rings is 1. The fraction of sp³-hybridized carbons (Fsp3) is 0.571. The molecule has 2 rings (SSSR count). The molecular formula is C14H22N2O2. The Morgan fingerprint density at radius 3 is 2.50 bits per heavy atom. The van der Waals surface area contributed by atoms with E-state index in [2.05, 4.69) is 30.3 Å². The van der Waals surface area contributed by atoms with E-state index in [1.54, 1.807) is 14.2 Å². The van der Waals surface area contributed by atoms with Gasteiger partial charge in [-0.2, -0.15) is 0 Å². The maximum Gasteiger partial charge on any atom is 0.127 e. The molecule has 0 amide bonds. The van der Waals surface area contributed by atoms with E-state index < -0.39 is 0 Å². The van der Waals surface area contributed by atoms with Gasteiger partial charge in [-0.15, -0.1) is 0 Å². The molecule has 1 heterocycles. The molecule has 0 spiro atoms. The highest BCUT2D eigenvalue weighted by molar-refractivity contribution is 5.42. The second-order valence-electron chi connectivity index (χ2n) is 4.76. The molecule has 0 aliphatic carbocycles. The van der Waals surface area contributed by atoms with E-state index in [4.69, 9.17) is 9.47 Å². The van der Waals surface area contributed by atoms with E-state index in [0.717, 1.165) is 24.6 Å². The van der Waals surface area contributed by atoms with Gasteiger partial charge in [0.25, 0.3) is 0 Å². The van der Waals surface area contributed by atoms with E-state index in [0.29, 0.717) is 12.1 Å². The van der Waals surface area contributed by atoms with E-state index in [1.807, 2.05) is 12.1 Å². The number of nitrogens with zero attached hydrogens (tertiary/aromatic N) is 1. The van der Waals surface area contributed by atoms with Crippen LogP contribution in [0.25, 0.3) is 0 Å². The predicted octanol–water partition coefficient (Wildman–Crippen LogP) is 1.67. The lowest BCUT2D eigenvalue weighted by atomic mass is 10.0. The lowest BCUT2D eigenvalue weighted by molar-refractivity contribution is 0.134. The van der Waals surface area contributed by atoms with Gasteiger partial charge in [0.1, 0.15) is 11.5 Å². The van der Waals surface area contributed by atoms with Crippen molar-refractivity contribution in [3.63, 3.8) is 0 Å². The highest BCUT2D eigenvalue weighted by Crippen LogP contribution is 2.32. The van der Waals surface area contributed by atoms with Crippen LogP contribution in [0.1, 0.15) is 18.5 Å². The largest absolute Gasteiger partial charge is 0.497 e. The zero-order valence-corrected chi connectivity index (χ0v) is 11.6. The lowest BCUT2D eigenvalue weighted by Crippen LogP contribution is -2.56. The second-order valence-corrected chi connectivity index (χ2v) is 4.76. The van der Waals surface area contributed by atoms with Gasteiger partial charge < -0.3 is 14.8 Å². The molecule has 100 valence electrons. The van der Waals surface area contributed by atoms with Crippen molar-refractivity contribution in [3.05, 3.63) is 23.8 Å². The Bertz CT molecular complexity index is 405. The Morgan fingerprint density at radius 1 is 1.28 bits per heavy atom. The molecule has 0 saturated carbocycles. The first-order valence-corrected chi connectivity index (χ1v) is 6.32. The fourth-order valence-corrected chi connectivity index (χ4v) is 2.26. The van der Waals surface area contributed by atoms with Crippen LogP contribution in [0.5, 0.6) is 11.5 Å². The first-order valence-electron chi connectivity index (χ1n) is 6.32. The van der Waals surface area contributed by atoms with Gasteiger partial charge in [-0.25, -0.2) is 0 Å². The summed E-state index contributed by atoms with van der Waals surface area (Å²) in [5.74, 6) is 1.72. The highest BCUT2D eigenvalue weighted by atomic mass is 16.5. The van der Waals surface area contributed by atoms with Crippen LogP contribution < -0.4 is 14.8 Å². The monoisotopic (exact) mass is 250 g/mol. The van der Waals surface area contributed by atoms with E-state index in [-0.39, 0.29) is 0 Å². The summed E-state index contributed by atoms with van der Waals surface area (Å²) in [6, 6.07) is 6.97. The minimum Gasteiger partial charge on any atom is -0.497 e. The van der Waals surface area contributed by atoms with E-state index in [1.165, 1.54) is 5.56 Å². The van der Waals surface area contributed by atoms with Crippen molar-refractivity contribution in [2.75, 3.05) is 34.4 Å². The maximum atomic E-state index is 5.47. The molecule has 0 aromatic heterocycles. The number of ether oxygens (including phenoxy) is 2. The van der Waals surface area contributed by atoms with Crippen LogP contribution in [0, 0.1) is 0 Å². The number of nitrogens with one attached hydrogen (secondary N) is 1. The molecule has 1 aliphatic rings. The number of methoxy groups -OCH3 is 2.